The number of aliphatic hydroxyl groups is 3. The molecule has 0 spiro atoms. The van der Waals surface area contributed by atoms with Crippen molar-refractivity contribution in [3.8, 4) is 0 Å². The highest BCUT2D eigenvalue weighted by Gasteiger charge is 2.44. The second kappa shape index (κ2) is 6.63. The van der Waals surface area contributed by atoms with Gasteiger partial charge in [0.25, 0.3) is 0 Å². The monoisotopic (exact) mass is 371 g/mol. The van der Waals surface area contributed by atoms with Crippen LogP contribution in [0.1, 0.15) is 12.6 Å². The maximum atomic E-state index is 10.2. The molecule has 4 N–H and O–H groups in total. The molecule has 0 aromatic carbocycles. The van der Waals surface area contributed by atoms with Gasteiger partial charge in [0, 0.05) is 6.61 Å². The van der Waals surface area contributed by atoms with Gasteiger partial charge in [0.1, 0.15) is 18.3 Å². The van der Waals surface area contributed by atoms with Crippen molar-refractivity contribution in [2.45, 2.75) is 37.0 Å². The molecule has 0 radical (unpaired) electrons. The largest absolute Gasteiger partial charge is 0.394 e. The minimum absolute atomic E-state index is 0.0161. The quantitative estimate of drug-likeness (QED) is 0.514. The normalized spacial score (nSPS) is 32.6. The summed E-state index contributed by atoms with van der Waals surface area (Å²) >= 11 is 6.04. The Hall–Kier alpha value is -1.56. The zero-order valence-electron chi connectivity index (χ0n) is 13.1. The number of hydrogen-bond acceptors (Lipinski definition) is 9. The molecular weight excluding hydrogens is 354 g/mol. The van der Waals surface area contributed by atoms with E-state index < -0.39 is 31.1 Å². The van der Waals surface area contributed by atoms with E-state index in [4.69, 9.17) is 21.1 Å². The lowest BCUT2D eigenvalue weighted by Crippen LogP contribution is -2.33. The van der Waals surface area contributed by atoms with E-state index in [1.165, 1.54) is 10.9 Å². The summed E-state index contributed by atoms with van der Waals surface area (Å²) in [6, 6.07) is 0.105. The van der Waals surface area contributed by atoms with Crippen molar-refractivity contribution in [1.82, 2.24) is 19.5 Å². The third kappa shape index (κ3) is 2.94. The van der Waals surface area contributed by atoms with Crippen LogP contribution in [0.3, 0.4) is 0 Å². The van der Waals surface area contributed by atoms with Gasteiger partial charge in [0.05, 0.1) is 25.6 Å². The van der Waals surface area contributed by atoms with Crippen molar-refractivity contribution in [1.29, 1.82) is 0 Å². The molecule has 4 heterocycles. The standard InChI is InChI=1S/C14H18ClN5O5/c15-14-18-11(17-6-1-2-24-4-6)8-12(19-14)20(5-16-8)13-10(23)9(22)7(3-21)25-13/h5-7,9-10,13,21-23H,1-4H2,(H,17,18,19). The Morgan fingerprint density at radius 3 is 2.84 bits per heavy atom. The summed E-state index contributed by atoms with van der Waals surface area (Å²) in [4.78, 5) is 12.7. The number of imidazole rings is 1. The number of hydrogen-bond donors (Lipinski definition) is 4. The Labute approximate surface area is 147 Å². The van der Waals surface area contributed by atoms with Gasteiger partial charge in [-0.25, -0.2) is 4.98 Å². The van der Waals surface area contributed by atoms with Crippen LogP contribution in [0, 0.1) is 0 Å². The number of rotatable bonds is 4. The summed E-state index contributed by atoms with van der Waals surface area (Å²) < 4.78 is 12.3. The lowest BCUT2D eigenvalue weighted by molar-refractivity contribution is -0.0511. The first-order valence-electron chi connectivity index (χ1n) is 7.95. The molecular formula is C14H18ClN5O5. The van der Waals surface area contributed by atoms with E-state index in [-0.39, 0.29) is 11.3 Å². The average molecular weight is 372 g/mol. The summed E-state index contributed by atoms with van der Waals surface area (Å²) in [5, 5.41) is 32.7. The Morgan fingerprint density at radius 2 is 2.16 bits per heavy atom. The highest BCUT2D eigenvalue weighted by molar-refractivity contribution is 6.28. The average Bonchev–Trinajstić information content (AvgIpc) is 3.29. The predicted molar refractivity (Wildman–Crippen MR) is 86.2 cm³/mol. The van der Waals surface area contributed by atoms with Crippen LogP contribution in [0.2, 0.25) is 5.28 Å². The van der Waals surface area contributed by atoms with Crippen LogP contribution >= 0.6 is 11.6 Å². The van der Waals surface area contributed by atoms with Gasteiger partial charge in [-0.3, -0.25) is 4.57 Å². The molecule has 0 amide bonds. The molecule has 2 aromatic rings. The van der Waals surface area contributed by atoms with Gasteiger partial charge >= 0.3 is 0 Å². The fourth-order valence-electron chi connectivity index (χ4n) is 3.13. The third-order valence-electron chi connectivity index (χ3n) is 4.46. The summed E-state index contributed by atoms with van der Waals surface area (Å²) in [7, 11) is 0. The number of nitrogens with zero attached hydrogens (tertiary/aromatic N) is 4. The fraction of sp³-hybridized carbons (Fsp3) is 0.643. The second-order valence-electron chi connectivity index (χ2n) is 6.10. The molecule has 4 rings (SSSR count). The second-order valence-corrected chi connectivity index (χ2v) is 6.44. The number of anilines is 1. The van der Waals surface area contributed by atoms with Gasteiger partial charge in [-0.2, -0.15) is 9.97 Å². The molecule has 136 valence electrons. The molecule has 2 fully saturated rings. The SMILES string of the molecule is OCC1OC(n2cnc3c(NC4CCOC4)nc(Cl)nc32)C(O)C1O. The van der Waals surface area contributed by atoms with Gasteiger partial charge in [-0.05, 0) is 18.0 Å². The topological polar surface area (TPSA) is 135 Å². The molecule has 25 heavy (non-hydrogen) atoms. The molecule has 10 nitrogen and oxygen atoms in total. The molecule has 2 saturated heterocycles. The number of aliphatic hydroxyl groups excluding tert-OH is 3. The Morgan fingerprint density at radius 1 is 1.32 bits per heavy atom. The van der Waals surface area contributed by atoms with Gasteiger partial charge in [0.15, 0.2) is 23.2 Å². The van der Waals surface area contributed by atoms with Gasteiger partial charge in [0.2, 0.25) is 5.28 Å². The Bertz CT molecular complexity index is 767. The van der Waals surface area contributed by atoms with E-state index in [0.29, 0.717) is 30.2 Å². The Kier molecular flexibility index (Phi) is 4.48. The summed E-state index contributed by atoms with van der Waals surface area (Å²) in [6.07, 6.45) is -1.99. The summed E-state index contributed by atoms with van der Waals surface area (Å²) in [6.45, 7) is 0.834. The van der Waals surface area contributed by atoms with Crippen LogP contribution in [0.5, 0.6) is 0 Å². The summed E-state index contributed by atoms with van der Waals surface area (Å²) in [5.41, 5.74) is 0.824. The molecule has 2 aromatic heterocycles. The van der Waals surface area contributed by atoms with Crippen molar-refractivity contribution in [2.75, 3.05) is 25.1 Å². The van der Waals surface area contributed by atoms with Crippen molar-refractivity contribution < 1.29 is 24.8 Å². The number of fused-ring (bicyclic) bond motifs is 1. The van der Waals surface area contributed by atoms with E-state index in [2.05, 4.69) is 20.3 Å². The van der Waals surface area contributed by atoms with Crippen molar-refractivity contribution >= 4 is 28.6 Å². The van der Waals surface area contributed by atoms with Gasteiger partial charge < -0.3 is 30.1 Å². The zero-order valence-corrected chi connectivity index (χ0v) is 13.9. The summed E-state index contributed by atoms with van der Waals surface area (Å²) in [5.74, 6) is 0.469. The minimum atomic E-state index is -1.23. The molecule has 5 atom stereocenters. The predicted octanol–water partition coefficient (Wildman–Crippen LogP) is -0.708. The van der Waals surface area contributed by atoms with Crippen molar-refractivity contribution in [2.24, 2.45) is 0 Å². The lowest BCUT2D eigenvalue weighted by Gasteiger charge is -2.17. The third-order valence-corrected chi connectivity index (χ3v) is 4.63. The van der Waals surface area contributed by atoms with Crippen LogP contribution in [0.25, 0.3) is 11.2 Å². The molecule has 2 aliphatic heterocycles. The molecule has 2 aliphatic rings. The number of aromatic nitrogens is 4. The minimum Gasteiger partial charge on any atom is -0.394 e. The van der Waals surface area contributed by atoms with E-state index in [1.54, 1.807) is 0 Å². The van der Waals surface area contributed by atoms with Crippen LogP contribution in [0.15, 0.2) is 6.33 Å². The van der Waals surface area contributed by atoms with Crippen LogP contribution in [0.4, 0.5) is 5.82 Å². The molecule has 0 bridgehead atoms. The first-order valence-corrected chi connectivity index (χ1v) is 8.33. The van der Waals surface area contributed by atoms with Crippen LogP contribution < -0.4 is 5.32 Å². The van der Waals surface area contributed by atoms with Crippen LogP contribution in [-0.4, -0.2) is 79.0 Å². The number of nitrogens with one attached hydrogen (secondary N) is 1. The highest BCUT2D eigenvalue weighted by Crippen LogP contribution is 2.33. The lowest BCUT2D eigenvalue weighted by atomic mass is 10.1. The van der Waals surface area contributed by atoms with E-state index in [1.807, 2.05) is 0 Å². The molecule has 0 saturated carbocycles. The number of halogens is 1. The van der Waals surface area contributed by atoms with Crippen molar-refractivity contribution in [3.05, 3.63) is 11.6 Å². The van der Waals surface area contributed by atoms with Gasteiger partial charge in [-0.15, -0.1) is 0 Å². The smallest absolute Gasteiger partial charge is 0.226 e. The van der Waals surface area contributed by atoms with E-state index >= 15 is 0 Å². The first-order chi connectivity index (χ1) is 12.1. The highest BCUT2D eigenvalue weighted by atomic mass is 35.5. The molecule has 0 aliphatic carbocycles. The van der Waals surface area contributed by atoms with E-state index in [0.717, 1.165) is 6.42 Å². The van der Waals surface area contributed by atoms with Crippen LogP contribution in [-0.2, 0) is 9.47 Å². The van der Waals surface area contributed by atoms with E-state index in [9.17, 15) is 15.3 Å². The maximum Gasteiger partial charge on any atom is 0.226 e. The molecule has 11 heteroatoms. The maximum absolute atomic E-state index is 10.2. The van der Waals surface area contributed by atoms with Crippen molar-refractivity contribution in [3.63, 3.8) is 0 Å². The zero-order chi connectivity index (χ0) is 17.6. The molecule has 5 unspecified atom stereocenters. The first kappa shape index (κ1) is 16.9. The van der Waals surface area contributed by atoms with Gasteiger partial charge in [-0.1, -0.05) is 0 Å². The number of ether oxygens (including phenoxy) is 2. The fourth-order valence-corrected chi connectivity index (χ4v) is 3.29. The Balaban J connectivity index is 1.70.